The molecule has 3 aromatic rings. The third-order valence-corrected chi connectivity index (χ3v) is 3.91. The monoisotopic (exact) mass is 398 g/mol. The van der Waals surface area contributed by atoms with Crippen LogP contribution in [-0.2, 0) is 6.18 Å². The number of aromatic nitrogens is 2. The lowest BCUT2D eigenvalue weighted by molar-refractivity contribution is -0.141. The second-order valence-electron chi connectivity index (χ2n) is 4.97. The molecule has 0 fully saturated rings. The normalized spacial score (nSPS) is 11.7. The van der Waals surface area contributed by atoms with Crippen LogP contribution in [0.4, 0.5) is 13.2 Å². The van der Waals surface area contributed by atoms with Crippen molar-refractivity contribution in [2.24, 2.45) is 0 Å². The summed E-state index contributed by atoms with van der Waals surface area (Å²) >= 11 is 3.32. The summed E-state index contributed by atoms with van der Waals surface area (Å²) in [6.45, 7) is 0. The number of nitrogens with zero attached hydrogens (tertiary/aromatic N) is 1. The lowest BCUT2D eigenvalue weighted by Gasteiger charge is -2.07. The minimum atomic E-state index is -4.61. The maximum atomic E-state index is 12.8. The average Bonchev–Trinajstić information content (AvgIpc) is 2.96. The summed E-state index contributed by atoms with van der Waals surface area (Å²) in [6.07, 6.45) is -3.17. The Morgan fingerprint density at radius 3 is 2.71 bits per heavy atom. The van der Waals surface area contributed by atoms with Gasteiger partial charge in [-0.05, 0) is 24.3 Å². The van der Waals surface area contributed by atoms with E-state index in [2.05, 4.69) is 25.9 Å². The van der Waals surface area contributed by atoms with E-state index in [9.17, 15) is 18.0 Å². The van der Waals surface area contributed by atoms with Crippen LogP contribution in [0.15, 0.2) is 41.0 Å². The Labute approximate surface area is 142 Å². The molecule has 0 saturated heterocycles. The molecule has 0 atom stereocenters. The van der Waals surface area contributed by atoms with Crippen LogP contribution in [-0.4, -0.2) is 22.9 Å². The molecule has 0 spiro atoms. The number of methoxy groups -OCH3 is 1. The molecular formula is C16H10BrF3N2O2. The number of nitrogens with one attached hydrogen (secondary N) is 1. The Morgan fingerprint density at radius 2 is 2.04 bits per heavy atom. The molecule has 0 unspecified atom stereocenters. The molecule has 124 valence electrons. The molecule has 0 bridgehead atoms. The van der Waals surface area contributed by atoms with E-state index >= 15 is 0 Å². The first-order valence-corrected chi connectivity index (χ1v) is 7.54. The summed E-state index contributed by atoms with van der Waals surface area (Å²) in [6, 6.07) is 6.65. The van der Waals surface area contributed by atoms with Crippen LogP contribution < -0.4 is 4.74 Å². The predicted octanol–water partition coefficient (Wildman–Crippen LogP) is 4.58. The van der Waals surface area contributed by atoms with Gasteiger partial charge in [-0.1, -0.05) is 22.0 Å². The van der Waals surface area contributed by atoms with Crippen molar-refractivity contribution in [1.29, 1.82) is 0 Å². The third kappa shape index (κ3) is 2.89. The second-order valence-corrected chi connectivity index (χ2v) is 5.88. The topological polar surface area (TPSA) is 55.0 Å². The van der Waals surface area contributed by atoms with Crippen LogP contribution in [0.3, 0.4) is 0 Å². The number of pyridine rings is 1. The van der Waals surface area contributed by atoms with Crippen molar-refractivity contribution in [3.05, 3.63) is 58.0 Å². The van der Waals surface area contributed by atoms with Gasteiger partial charge in [0.2, 0.25) is 5.78 Å². The Kier molecular flexibility index (Phi) is 4.08. The van der Waals surface area contributed by atoms with Crippen molar-refractivity contribution in [3.8, 4) is 5.75 Å². The number of carbonyl (C=O) groups is 1. The van der Waals surface area contributed by atoms with Gasteiger partial charge in [-0.2, -0.15) is 13.2 Å². The fraction of sp³-hybridized carbons (Fsp3) is 0.125. The maximum absolute atomic E-state index is 12.8. The predicted molar refractivity (Wildman–Crippen MR) is 85.2 cm³/mol. The zero-order valence-corrected chi connectivity index (χ0v) is 13.8. The van der Waals surface area contributed by atoms with Crippen molar-refractivity contribution >= 4 is 32.6 Å². The highest BCUT2D eigenvalue weighted by Crippen LogP contribution is 2.33. The first kappa shape index (κ1) is 16.5. The Morgan fingerprint density at radius 1 is 1.29 bits per heavy atom. The minimum absolute atomic E-state index is 0.219. The molecule has 0 radical (unpaired) electrons. The highest BCUT2D eigenvalue weighted by molar-refractivity contribution is 9.10. The van der Waals surface area contributed by atoms with Gasteiger partial charge < -0.3 is 9.72 Å². The number of ether oxygens (including phenoxy) is 1. The number of carbonyl (C=O) groups excluding carboxylic acids is 1. The Balaban J connectivity index is 2.12. The third-order valence-electron chi connectivity index (χ3n) is 3.45. The van der Waals surface area contributed by atoms with E-state index < -0.39 is 17.7 Å². The van der Waals surface area contributed by atoms with E-state index in [0.717, 1.165) is 12.1 Å². The molecule has 0 amide bonds. The highest BCUT2D eigenvalue weighted by Gasteiger charge is 2.33. The first-order chi connectivity index (χ1) is 11.3. The molecule has 24 heavy (non-hydrogen) atoms. The van der Waals surface area contributed by atoms with Gasteiger partial charge in [0.1, 0.15) is 17.1 Å². The molecule has 0 aliphatic carbocycles. The van der Waals surface area contributed by atoms with Crippen molar-refractivity contribution in [2.75, 3.05) is 7.11 Å². The lowest BCUT2D eigenvalue weighted by Crippen LogP contribution is -2.12. The van der Waals surface area contributed by atoms with Gasteiger partial charge in [-0.3, -0.25) is 4.79 Å². The summed E-state index contributed by atoms with van der Waals surface area (Å²) < 4.78 is 44.2. The molecular weight excluding hydrogens is 389 g/mol. The van der Waals surface area contributed by atoms with Gasteiger partial charge in [-0.15, -0.1) is 0 Å². The van der Waals surface area contributed by atoms with Crippen LogP contribution >= 0.6 is 15.9 Å². The van der Waals surface area contributed by atoms with Crippen molar-refractivity contribution in [3.63, 3.8) is 0 Å². The van der Waals surface area contributed by atoms with Crippen LogP contribution in [0.1, 0.15) is 21.7 Å². The molecule has 0 aliphatic rings. The quantitative estimate of drug-likeness (QED) is 0.656. The number of hydrogen-bond donors (Lipinski definition) is 1. The van der Waals surface area contributed by atoms with Crippen LogP contribution in [0.25, 0.3) is 10.9 Å². The molecule has 1 aromatic carbocycles. The fourth-order valence-corrected chi connectivity index (χ4v) is 2.81. The average molecular weight is 399 g/mol. The number of hydrogen-bond acceptors (Lipinski definition) is 3. The van der Waals surface area contributed by atoms with Gasteiger partial charge in [0.15, 0.2) is 0 Å². The first-order valence-electron chi connectivity index (χ1n) is 6.75. The maximum Gasteiger partial charge on any atom is 0.433 e. The zero-order chi connectivity index (χ0) is 17.5. The minimum Gasteiger partial charge on any atom is -0.495 e. The van der Waals surface area contributed by atoms with Gasteiger partial charge in [0.25, 0.3) is 0 Å². The standard InChI is InChI=1S/C16H10BrF3N2O2/c1-24-12-6-8(17)5-9-10(7-21-14(9)12)15(23)11-3-2-4-13(22-11)16(18,19)20/h2-7,21H,1H3. The Bertz CT molecular complexity index is 935. The number of alkyl halides is 3. The number of ketones is 1. The molecule has 3 rings (SSSR count). The summed E-state index contributed by atoms with van der Waals surface area (Å²) in [5.74, 6) is -0.0945. The summed E-state index contributed by atoms with van der Waals surface area (Å²) in [5, 5.41) is 0.533. The molecule has 4 nitrogen and oxygen atoms in total. The molecule has 2 heterocycles. The number of rotatable bonds is 3. The molecule has 2 aromatic heterocycles. The van der Waals surface area contributed by atoms with E-state index in [-0.39, 0.29) is 11.3 Å². The number of H-pyrrole nitrogens is 1. The lowest BCUT2D eigenvalue weighted by atomic mass is 10.1. The summed E-state index contributed by atoms with van der Waals surface area (Å²) in [7, 11) is 1.48. The number of benzene rings is 1. The van der Waals surface area contributed by atoms with Crippen molar-refractivity contribution in [2.45, 2.75) is 6.18 Å². The van der Waals surface area contributed by atoms with Crippen LogP contribution in [0.5, 0.6) is 5.75 Å². The van der Waals surface area contributed by atoms with E-state index in [1.165, 1.54) is 19.4 Å². The van der Waals surface area contributed by atoms with E-state index in [4.69, 9.17) is 4.74 Å². The molecule has 8 heteroatoms. The fourth-order valence-electron chi connectivity index (χ4n) is 2.37. The smallest absolute Gasteiger partial charge is 0.433 e. The largest absolute Gasteiger partial charge is 0.495 e. The van der Waals surface area contributed by atoms with E-state index in [1.807, 2.05) is 0 Å². The van der Waals surface area contributed by atoms with Gasteiger partial charge >= 0.3 is 6.18 Å². The SMILES string of the molecule is COc1cc(Br)cc2c(C(=O)c3cccc(C(F)(F)F)n3)c[nH]c12. The number of aromatic amines is 1. The molecule has 0 saturated carbocycles. The zero-order valence-electron chi connectivity index (χ0n) is 12.2. The number of halogens is 4. The van der Waals surface area contributed by atoms with Gasteiger partial charge in [-0.25, -0.2) is 4.98 Å². The molecule has 1 N–H and O–H groups in total. The van der Waals surface area contributed by atoms with Crippen LogP contribution in [0.2, 0.25) is 0 Å². The van der Waals surface area contributed by atoms with Crippen molar-refractivity contribution < 1.29 is 22.7 Å². The van der Waals surface area contributed by atoms with E-state index in [1.54, 1.807) is 12.1 Å². The highest BCUT2D eigenvalue weighted by atomic mass is 79.9. The number of fused-ring (bicyclic) bond motifs is 1. The van der Waals surface area contributed by atoms with Gasteiger partial charge in [0, 0.05) is 21.6 Å². The van der Waals surface area contributed by atoms with Crippen molar-refractivity contribution in [1.82, 2.24) is 9.97 Å². The van der Waals surface area contributed by atoms with Gasteiger partial charge in [0.05, 0.1) is 12.6 Å². The summed E-state index contributed by atoms with van der Waals surface area (Å²) in [5.41, 5.74) is -0.580. The van der Waals surface area contributed by atoms with Crippen LogP contribution in [0, 0.1) is 0 Å². The summed E-state index contributed by atoms with van der Waals surface area (Å²) in [4.78, 5) is 19.0. The second kappa shape index (κ2) is 5.94. The van der Waals surface area contributed by atoms with E-state index in [0.29, 0.717) is 21.1 Å². The Hall–Kier alpha value is -2.35. The molecule has 0 aliphatic heterocycles.